The molecule has 0 aliphatic heterocycles. The van der Waals surface area contributed by atoms with Crippen molar-refractivity contribution in [2.24, 2.45) is 0 Å². The van der Waals surface area contributed by atoms with Gasteiger partial charge in [0.25, 0.3) is 0 Å². The summed E-state index contributed by atoms with van der Waals surface area (Å²) in [5, 5.41) is 13.8. The van der Waals surface area contributed by atoms with Gasteiger partial charge in [0.15, 0.2) is 0 Å². The van der Waals surface area contributed by atoms with Crippen LogP contribution in [0.3, 0.4) is 0 Å². The quantitative estimate of drug-likeness (QED) is 0.684. The Kier molecular flexibility index (Phi) is 5.71. The third-order valence-corrected chi connectivity index (χ3v) is 4.20. The second-order valence-electron chi connectivity index (χ2n) is 6.28. The summed E-state index contributed by atoms with van der Waals surface area (Å²) in [4.78, 5) is 4.77. The van der Waals surface area contributed by atoms with Gasteiger partial charge in [-0.25, -0.2) is 4.98 Å². The molecular formula is C21H24N2O3. The van der Waals surface area contributed by atoms with Crippen LogP contribution in [0.2, 0.25) is 0 Å². The minimum Gasteiger partial charge on any atom is -0.497 e. The van der Waals surface area contributed by atoms with Crippen molar-refractivity contribution in [3.8, 4) is 22.8 Å². The van der Waals surface area contributed by atoms with Gasteiger partial charge in [-0.3, -0.25) is 0 Å². The van der Waals surface area contributed by atoms with Gasteiger partial charge >= 0.3 is 0 Å². The van der Waals surface area contributed by atoms with Crippen LogP contribution >= 0.6 is 0 Å². The van der Waals surface area contributed by atoms with Gasteiger partial charge in [-0.15, -0.1) is 0 Å². The SMILES string of the molecule is CNCC(O)COc1cc(-c2ccc(C)cc2)nc2cc(OC)ccc12. The van der Waals surface area contributed by atoms with Gasteiger partial charge in [-0.05, 0) is 26.1 Å². The largest absolute Gasteiger partial charge is 0.497 e. The highest BCUT2D eigenvalue weighted by molar-refractivity contribution is 5.89. The standard InChI is InChI=1S/C21H24N2O3/c1-14-4-6-15(7-5-14)19-11-21(26-13-16(24)12-22-2)18-9-8-17(25-3)10-20(18)23-19/h4-11,16,22,24H,12-13H2,1-3H3. The molecule has 5 nitrogen and oxygen atoms in total. The van der Waals surface area contributed by atoms with E-state index in [0.717, 1.165) is 27.9 Å². The number of rotatable bonds is 7. The van der Waals surface area contributed by atoms with Gasteiger partial charge < -0.3 is 19.9 Å². The van der Waals surface area contributed by atoms with E-state index >= 15 is 0 Å². The van der Waals surface area contributed by atoms with Gasteiger partial charge in [0.2, 0.25) is 0 Å². The van der Waals surface area contributed by atoms with E-state index in [4.69, 9.17) is 14.5 Å². The van der Waals surface area contributed by atoms with Crippen molar-refractivity contribution in [2.45, 2.75) is 13.0 Å². The number of nitrogens with zero attached hydrogens (tertiary/aromatic N) is 1. The molecule has 2 aromatic carbocycles. The van der Waals surface area contributed by atoms with Crippen molar-refractivity contribution in [2.75, 3.05) is 27.3 Å². The fourth-order valence-electron chi connectivity index (χ4n) is 2.78. The Balaban J connectivity index is 2.03. The number of benzene rings is 2. The molecule has 0 fully saturated rings. The Labute approximate surface area is 153 Å². The van der Waals surface area contributed by atoms with Gasteiger partial charge in [0, 0.05) is 29.6 Å². The molecule has 0 radical (unpaired) electrons. The van der Waals surface area contributed by atoms with E-state index in [2.05, 4.69) is 24.4 Å². The van der Waals surface area contributed by atoms with Crippen LogP contribution in [0.15, 0.2) is 48.5 Å². The first-order valence-corrected chi connectivity index (χ1v) is 8.62. The fourth-order valence-corrected chi connectivity index (χ4v) is 2.78. The number of aromatic nitrogens is 1. The normalized spacial score (nSPS) is 12.2. The summed E-state index contributed by atoms with van der Waals surface area (Å²) in [5.41, 5.74) is 3.83. The first-order chi connectivity index (χ1) is 12.6. The van der Waals surface area contributed by atoms with Crippen LogP contribution in [0.5, 0.6) is 11.5 Å². The number of ether oxygens (including phenoxy) is 2. The molecule has 0 aliphatic carbocycles. The Morgan fingerprint density at radius 3 is 2.58 bits per heavy atom. The average Bonchev–Trinajstić information content (AvgIpc) is 2.66. The van der Waals surface area contributed by atoms with E-state index in [1.165, 1.54) is 5.56 Å². The monoisotopic (exact) mass is 352 g/mol. The van der Waals surface area contributed by atoms with Crippen molar-refractivity contribution < 1.29 is 14.6 Å². The molecule has 0 bridgehead atoms. The molecule has 5 heteroatoms. The summed E-state index contributed by atoms with van der Waals surface area (Å²) in [5.74, 6) is 1.44. The Hall–Kier alpha value is -2.63. The molecule has 0 saturated heterocycles. The maximum Gasteiger partial charge on any atom is 0.131 e. The van der Waals surface area contributed by atoms with Crippen LogP contribution in [0.1, 0.15) is 5.56 Å². The number of pyridine rings is 1. The van der Waals surface area contributed by atoms with E-state index < -0.39 is 6.10 Å². The Bertz CT molecular complexity index is 878. The lowest BCUT2D eigenvalue weighted by Crippen LogP contribution is -2.29. The molecule has 136 valence electrons. The van der Waals surface area contributed by atoms with E-state index in [9.17, 15) is 5.11 Å². The smallest absolute Gasteiger partial charge is 0.131 e. The molecule has 3 rings (SSSR count). The molecule has 26 heavy (non-hydrogen) atoms. The number of fused-ring (bicyclic) bond motifs is 1. The van der Waals surface area contributed by atoms with Crippen molar-refractivity contribution in [1.29, 1.82) is 0 Å². The van der Waals surface area contributed by atoms with Crippen molar-refractivity contribution in [1.82, 2.24) is 10.3 Å². The number of aliphatic hydroxyl groups excluding tert-OH is 1. The topological polar surface area (TPSA) is 63.6 Å². The lowest BCUT2D eigenvalue weighted by atomic mass is 10.1. The van der Waals surface area contributed by atoms with Crippen LogP contribution in [0.4, 0.5) is 0 Å². The highest BCUT2D eigenvalue weighted by Gasteiger charge is 2.12. The maximum absolute atomic E-state index is 9.96. The fraction of sp³-hybridized carbons (Fsp3) is 0.286. The first kappa shape index (κ1) is 18.2. The molecule has 1 aromatic heterocycles. The predicted molar refractivity (Wildman–Crippen MR) is 104 cm³/mol. The first-order valence-electron chi connectivity index (χ1n) is 8.62. The van der Waals surface area contributed by atoms with E-state index in [1.807, 2.05) is 36.4 Å². The second-order valence-corrected chi connectivity index (χ2v) is 6.28. The summed E-state index contributed by atoms with van der Waals surface area (Å²) in [6.07, 6.45) is -0.579. The minimum atomic E-state index is -0.579. The van der Waals surface area contributed by atoms with Gasteiger partial charge in [-0.2, -0.15) is 0 Å². The lowest BCUT2D eigenvalue weighted by molar-refractivity contribution is 0.109. The Morgan fingerprint density at radius 2 is 1.88 bits per heavy atom. The second kappa shape index (κ2) is 8.17. The Morgan fingerprint density at radius 1 is 1.12 bits per heavy atom. The van der Waals surface area contributed by atoms with E-state index in [0.29, 0.717) is 12.3 Å². The number of likely N-dealkylation sites (N-methyl/N-ethyl adjacent to an activating group) is 1. The third-order valence-electron chi connectivity index (χ3n) is 4.20. The van der Waals surface area contributed by atoms with Crippen molar-refractivity contribution in [3.05, 3.63) is 54.1 Å². The number of aryl methyl sites for hydroxylation is 1. The summed E-state index contributed by atoms with van der Waals surface area (Å²) >= 11 is 0. The average molecular weight is 352 g/mol. The number of nitrogens with one attached hydrogen (secondary N) is 1. The molecule has 2 N–H and O–H groups in total. The van der Waals surface area contributed by atoms with Gasteiger partial charge in [0.05, 0.1) is 18.3 Å². The van der Waals surface area contributed by atoms with Crippen LogP contribution < -0.4 is 14.8 Å². The summed E-state index contributed by atoms with van der Waals surface area (Å²) in [6, 6.07) is 15.8. The number of hydrogen-bond acceptors (Lipinski definition) is 5. The molecule has 1 atom stereocenters. The van der Waals surface area contributed by atoms with Crippen molar-refractivity contribution >= 4 is 10.9 Å². The number of methoxy groups -OCH3 is 1. The predicted octanol–water partition coefficient (Wildman–Crippen LogP) is 3.18. The molecule has 0 aliphatic rings. The summed E-state index contributed by atoms with van der Waals surface area (Å²) in [6.45, 7) is 2.74. The van der Waals surface area contributed by atoms with Crippen molar-refractivity contribution in [3.63, 3.8) is 0 Å². The number of hydrogen-bond donors (Lipinski definition) is 2. The molecule has 0 amide bonds. The number of aliphatic hydroxyl groups is 1. The molecular weight excluding hydrogens is 328 g/mol. The zero-order valence-corrected chi connectivity index (χ0v) is 15.3. The van der Waals surface area contributed by atoms with E-state index in [-0.39, 0.29) is 6.61 Å². The van der Waals surface area contributed by atoms with Crippen LogP contribution in [0, 0.1) is 6.92 Å². The summed E-state index contributed by atoms with van der Waals surface area (Å²) < 4.78 is 11.2. The molecule has 1 heterocycles. The molecule has 0 saturated carbocycles. The molecule has 1 unspecified atom stereocenters. The molecule has 3 aromatic rings. The third kappa shape index (κ3) is 4.12. The van der Waals surface area contributed by atoms with Crippen LogP contribution in [0.25, 0.3) is 22.2 Å². The summed E-state index contributed by atoms with van der Waals surface area (Å²) in [7, 11) is 3.43. The minimum absolute atomic E-state index is 0.208. The van der Waals surface area contributed by atoms with Gasteiger partial charge in [-0.1, -0.05) is 29.8 Å². The van der Waals surface area contributed by atoms with E-state index in [1.54, 1.807) is 14.2 Å². The zero-order valence-electron chi connectivity index (χ0n) is 15.3. The lowest BCUT2D eigenvalue weighted by Gasteiger charge is -2.15. The highest BCUT2D eigenvalue weighted by atomic mass is 16.5. The zero-order chi connectivity index (χ0) is 18.5. The molecule has 0 spiro atoms. The highest BCUT2D eigenvalue weighted by Crippen LogP contribution is 2.32. The van der Waals surface area contributed by atoms with Gasteiger partial charge in [0.1, 0.15) is 24.2 Å². The van der Waals surface area contributed by atoms with Crippen LogP contribution in [-0.4, -0.2) is 43.5 Å². The van der Waals surface area contributed by atoms with Crippen LogP contribution in [-0.2, 0) is 0 Å². The maximum atomic E-state index is 9.96.